The van der Waals surface area contributed by atoms with Crippen LogP contribution in [0.1, 0.15) is 20.7 Å². The van der Waals surface area contributed by atoms with E-state index in [1.807, 2.05) is 0 Å². The van der Waals surface area contributed by atoms with Gasteiger partial charge in [-0.2, -0.15) is 0 Å². The molecule has 2 amide bonds. The lowest BCUT2D eigenvalue weighted by molar-refractivity contribution is 0.0636. The highest BCUT2D eigenvalue weighted by molar-refractivity contribution is 7.75. The van der Waals surface area contributed by atoms with E-state index < -0.39 is 0 Å². The second-order valence-corrected chi connectivity index (χ2v) is 3.40. The fraction of sp³-hybridized carbons (Fsp3) is 0.200. The Morgan fingerprint density at radius 3 is 2.13 bits per heavy atom. The van der Waals surface area contributed by atoms with Crippen molar-refractivity contribution in [1.29, 1.82) is 0 Å². The second-order valence-electron chi connectivity index (χ2n) is 3.14. The lowest BCUT2D eigenvalue weighted by Gasteiger charge is -2.11. The summed E-state index contributed by atoms with van der Waals surface area (Å²) in [6.45, 7) is 0.463. The van der Waals surface area contributed by atoms with Crippen molar-refractivity contribution in [3.05, 3.63) is 35.4 Å². The highest BCUT2D eigenvalue weighted by Crippen LogP contribution is 2.21. The minimum absolute atomic E-state index is 0.231. The molecule has 1 aromatic rings. The number of thiol groups is 1. The number of imide groups is 1. The van der Waals surface area contributed by atoms with Gasteiger partial charge in [0, 0.05) is 0 Å². The van der Waals surface area contributed by atoms with E-state index in [1.165, 1.54) is 4.90 Å². The number of fused-ring (bicyclic) bond motifs is 1. The molecule has 1 heterocycles. The molecule has 0 spiro atoms. The number of carbonyl (C=O) groups is 2. The molecule has 5 heteroatoms. The van der Waals surface area contributed by atoms with Crippen molar-refractivity contribution in [2.75, 3.05) is 13.2 Å². The van der Waals surface area contributed by atoms with E-state index in [1.54, 1.807) is 24.3 Å². The zero-order valence-electron chi connectivity index (χ0n) is 7.84. The van der Waals surface area contributed by atoms with Crippen molar-refractivity contribution < 1.29 is 13.8 Å². The third-order valence-corrected chi connectivity index (χ3v) is 2.47. The number of nitrogens with zero attached hydrogens (tertiary/aromatic N) is 1. The third kappa shape index (κ3) is 1.64. The summed E-state index contributed by atoms with van der Waals surface area (Å²) in [5, 5.41) is 0. The Morgan fingerprint density at radius 2 is 1.67 bits per heavy atom. The topological polar surface area (TPSA) is 46.6 Å². The van der Waals surface area contributed by atoms with Crippen LogP contribution in [-0.2, 0) is 4.18 Å². The number of hydrogen-bond donors (Lipinski definition) is 1. The van der Waals surface area contributed by atoms with E-state index in [0.29, 0.717) is 11.1 Å². The maximum absolute atomic E-state index is 11.7. The summed E-state index contributed by atoms with van der Waals surface area (Å²) in [7, 11) is 0. The molecule has 15 heavy (non-hydrogen) atoms. The van der Waals surface area contributed by atoms with E-state index in [-0.39, 0.29) is 25.0 Å². The van der Waals surface area contributed by atoms with Crippen molar-refractivity contribution in [1.82, 2.24) is 4.90 Å². The number of carbonyl (C=O) groups excluding carboxylic acids is 2. The van der Waals surface area contributed by atoms with Crippen LogP contribution in [-0.4, -0.2) is 29.9 Å². The van der Waals surface area contributed by atoms with Crippen molar-refractivity contribution in [2.45, 2.75) is 0 Å². The highest BCUT2D eigenvalue weighted by atomic mass is 32.1. The van der Waals surface area contributed by atoms with Crippen LogP contribution in [0.2, 0.25) is 0 Å². The van der Waals surface area contributed by atoms with Crippen LogP contribution in [0.25, 0.3) is 0 Å². The van der Waals surface area contributed by atoms with E-state index in [2.05, 4.69) is 17.1 Å². The first-order valence-electron chi connectivity index (χ1n) is 4.47. The SMILES string of the molecule is O=C1c2ccccc2C(=O)N1CCOS. The third-order valence-electron chi connectivity index (χ3n) is 2.28. The van der Waals surface area contributed by atoms with Crippen LogP contribution >= 0.6 is 12.9 Å². The fourth-order valence-corrected chi connectivity index (χ4v) is 1.66. The van der Waals surface area contributed by atoms with Gasteiger partial charge in [-0.25, -0.2) is 0 Å². The van der Waals surface area contributed by atoms with Crippen molar-refractivity contribution in [3.8, 4) is 0 Å². The van der Waals surface area contributed by atoms with Crippen LogP contribution < -0.4 is 0 Å². The summed E-state index contributed by atoms with van der Waals surface area (Å²) in [6.07, 6.45) is 0. The molecule has 1 aromatic carbocycles. The quantitative estimate of drug-likeness (QED) is 0.475. The molecule has 1 aliphatic heterocycles. The van der Waals surface area contributed by atoms with E-state index in [9.17, 15) is 9.59 Å². The summed E-state index contributed by atoms with van der Waals surface area (Å²) < 4.78 is 4.55. The maximum atomic E-state index is 11.7. The second kappa shape index (κ2) is 4.04. The molecule has 78 valence electrons. The Kier molecular flexibility index (Phi) is 2.75. The molecule has 0 saturated carbocycles. The molecule has 4 nitrogen and oxygen atoms in total. The zero-order valence-corrected chi connectivity index (χ0v) is 8.74. The Bertz CT molecular complexity index is 384. The van der Waals surface area contributed by atoms with Gasteiger partial charge in [-0.1, -0.05) is 12.1 Å². The summed E-state index contributed by atoms with van der Waals surface area (Å²) >= 11 is 3.56. The Hall–Kier alpha value is -1.33. The molecule has 0 radical (unpaired) electrons. The molecule has 1 aliphatic rings. The average molecular weight is 223 g/mol. The smallest absolute Gasteiger partial charge is 0.261 e. The summed E-state index contributed by atoms with van der Waals surface area (Å²) in [4.78, 5) is 24.6. The van der Waals surface area contributed by atoms with Crippen LogP contribution in [0.15, 0.2) is 24.3 Å². The minimum atomic E-state index is -0.263. The van der Waals surface area contributed by atoms with Crippen molar-refractivity contribution >= 4 is 24.7 Å². The molecule has 0 atom stereocenters. The molecule has 0 aromatic heterocycles. The van der Waals surface area contributed by atoms with Crippen LogP contribution in [0.4, 0.5) is 0 Å². The van der Waals surface area contributed by atoms with E-state index in [0.717, 1.165) is 0 Å². The monoisotopic (exact) mass is 223 g/mol. The molecule has 0 unspecified atom stereocenters. The first-order valence-corrected chi connectivity index (χ1v) is 4.84. The largest absolute Gasteiger partial charge is 0.317 e. The van der Waals surface area contributed by atoms with Gasteiger partial charge in [0.2, 0.25) is 0 Å². The number of rotatable bonds is 3. The van der Waals surface area contributed by atoms with Crippen molar-refractivity contribution in [2.24, 2.45) is 0 Å². The molecule has 0 bridgehead atoms. The zero-order chi connectivity index (χ0) is 10.8. The van der Waals surface area contributed by atoms with Gasteiger partial charge in [0.25, 0.3) is 11.8 Å². The molecule has 0 fully saturated rings. The van der Waals surface area contributed by atoms with Gasteiger partial charge in [0.05, 0.1) is 24.3 Å². The number of hydrogen-bond acceptors (Lipinski definition) is 4. The van der Waals surface area contributed by atoms with Crippen LogP contribution in [0, 0.1) is 0 Å². The molecular weight excluding hydrogens is 214 g/mol. The van der Waals surface area contributed by atoms with Gasteiger partial charge >= 0.3 is 0 Å². The lowest BCUT2D eigenvalue weighted by atomic mass is 10.1. The predicted molar refractivity (Wildman–Crippen MR) is 56.7 cm³/mol. The molecule has 2 rings (SSSR count). The van der Waals surface area contributed by atoms with Gasteiger partial charge in [-0.05, 0) is 25.0 Å². The van der Waals surface area contributed by atoms with Gasteiger partial charge in [0.1, 0.15) is 0 Å². The predicted octanol–water partition coefficient (Wildman–Crippen LogP) is 1.14. The molecular formula is C10H9NO3S. The number of amides is 2. The van der Waals surface area contributed by atoms with Crippen LogP contribution in [0.3, 0.4) is 0 Å². The molecule has 0 N–H and O–H groups in total. The van der Waals surface area contributed by atoms with E-state index >= 15 is 0 Å². The van der Waals surface area contributed by atoms with E-state index in [4.69, 9.17) is 0 Å². The summed E-state index contributed by atoms with van der Waals surface area (Å²) in [5.74, 6) is -0.526. The minimum Gasteiger partial charge on any atom is -0.317 e. The van der Waals surface area contributed by atoms with Gasteiger partial charge in [0.15, 0.2) is 0 Å². The summed E-state index contributed by atoms with van der Waals surface area (Å²) in [6, 6.07) is 6.78. The Morgan fingerprint density at radius 1 is 1.13 bits per heavy atom. The van der Waals surface area contributed by atoms with Gasteiger partial charge < -0.3 is 4.18 Å². The normalized spacial score (nSPS) is 14.6. The van der Waals surface area contributed by atoms with Crippen molar-refractivity contribution in [3.63, 3.8) is 0 Å². The Labute approximate surface area is 92.4 Å². The number of benzene rings is 1. The molecule has 0 aliphatic carbocycles. The van der Waals surface area contributed by atoms with Crippen LogP contribution in [0.5, 0.6) is 0 Å². The average Bonchev–Trinajstić information content (AvgIpc) is 2.51. The Balaban J connectivity index is 2.29. The first kappa shape index (κ1) is 10.2. The highest BCUT2D eigenvalue weighted by Gasteiger charge is 2.34. The summed E-state index contributed by atoms with van der Waals surface area (Å²) in [5.41, 5.74) is 0.920. The standard InChI is InChI=1S/C10H9NO3S/c12-9-7-3-1-2-4-8(7)10(13)11(9)5-6-14-15/h1-4,15H,5-6H2. The lowest BCUT2D eigenvalue weighted by Crippen LogP contribution is -2.32. The first-order chi connectivity index (χ1) is 7.25. The molecule has 0 saturated heterocycles. The van der Waals surface area contributed by atoms with Gasteiger partial charge in [-0.3, -0.25) is 14.5 Å². The maximum Gasteiger partial charge on any atom is 0.261 e. The fourth-order valence-electron chi connectivity index (χ4n) is 1.57. The van der Waals surface area contributed by atoms with Gasteiger partial charge in [-0.15, -0.1) is 0 Å².